The summed E-state index contributed by atoms with van der Waals surface area (Å²) in [6, 6.07) is 11.4. The van der Waals surface area contributed by atoms with E-state index in [0.29, 0.717) is 16.0 Å². The molecule has 2 aromatic carbocycles. The molecule has 0 saturated carbocycles. The standard InChI is InChI=1S/C21H23ClN4O2S/c1-13-5-7-17(14(2)9-13)23-20(27)12-29-21-25-24-19(26(21)4)11-28-18-8-6-16(22)10-15(18)3/h5-10H,11-12H2,1-4H3,(H,23,27). The minimum atomic E-state index is -0.0838. The minimum absolute atomic E-state index is 0.0838. The number of carbonyl (C=O) groups is 1. The van der Waals surface area contributed by atoms with Gasteiger partial charge in [0, 0.05) is 17.8 Å². The minimum Gasteiger partial charge on any atom is -0.485 e. The summed E-state index contributed by atoms with van der Waals surface area (Å²) in [6.07, 6.45) is 0. The topological polar surface area (TPSA) is 69.0 Å². The van der Waals surface area contributed by atoms with Crippen molar-refractivity contribution in [1.82, 2.24) is 14.8 Å². The van der Waals surface area contributed by atoms with Crippen molar-refractivity contribution in [3.8, 4) is 5.75 Å². The fourth-order valence-corrected chi connectivity index (χ4v) is 3.74. The number of thioether (sulfide) groups is 1. The first kappa shape index (κ1) is 21.2. The second kappa shape index (κ2) is 9.33. The summed E-state index contributed by atoms with van der Waals surface area (Å²) < 4.78 is 7.66. The summed E-state index contributed by atoms with van der Waals surface area (Å²) in [6.45, 7) is 6.22. The highest BCUT2D eigenvalue weighted by Crippen LogP contribution is 2.23. The molecule has 0 aliphatic rings. The fourth-order valence-electron chi connectivity index (χ4n) is 2.78. The monoisotopic (exact) mass is 430 g/mol. The molecule has 0 spiro atoms. The molecule has 0 saturated heterocycles. The van der Waals surface area contributed by atoms with Crippen LogP contribution < -0.4 is 10.1 Å². The van der Waals surface area contributed by atoms with Gasteiger partial charge < -0.3 is 14.6 Å². The number of nitrogens with one attached hydrogen (secondary N) is 1. The lowest BCUT2D eigenvalue weighted by Crippen LogP contribution is -2.15. The van der Waals surface area contributed by atoms with E-state index in [0.717, 1.165) is 28.1 Å². The van der Waals surface area contributed by atoms with Gasteiger partial charge in [-0.25, -0.2) is 0 Å². The Labute approximate surface area is 179 Å². The van der Waals surface area contributed by atoms with Gasteiger partial charge in [-0.05, 0) is 56.2 Å². The van der Waals surface area contributed by atoms with E-state index in [4.69, 9.17) is 16.3 Å². The molecule has 0 atom stereocenters. The van der Waals surface area contributed by atoms with Crippen LogP contribution in [-0.2, 0) is 18.4 Å². The lowest BCUT2D eigenvalue weighted by molar-refractivity contribution is -0.113. The van der Waals surface area contributed by atoms with Crippen LogP contribution in [0.5, 0.6) is 5.75 Å². The van der Waals surface area contributed by atoms with Crippen molar-refractivity contribution in [1.29, 1.82) is 0 Å². The molecule has 0 bridgehead atoms. The Morgan fingerprint density at radius 2 is 1.93 bits per heavy atom. The van der Waals surface area contributed by atoms with Gasteiger partial charge in [-0.2, -0.15) is 0 Å². The van der Waals surface area contributed by atoms with Crippen LogP contribution in [0.25, 0.3) is 0 Å². The number of carbonyl (C=O) groups excluding carboxylic acids is 1. The Bertz CT molecular complexity index is 1040. The number of hydrogen-bond acceptors (Lipinski definition) is 5. The van der Waals surface area contributed by atoms with E-state index in [2.05, 4.69) is 15.5 Å². The molecule has 1 N–H and O–H groups in total. The molecule has 0 radical (unpaired) electrons. The Kier molecular flexibility index (Phi) is 6.82. The Morgan fingerprint density at radius 1 is 1.14 bits per heavy atom. The second-order valence-corrected chi connectivity index (χ2v) is 8.19. The first-order valence-corrected chi connectivity index (χ1v) is 10.5. The van der Waals surface area contributed by atoms with Gasteiger partial charge in [-0.15, -0.1) is 10.2 Å². The van der Waals surface area contributed by atoms with E-state index in [9.17, 15) is 4.79 Å². The van der Waals surface area contributed by atoms with E-state index in [1.165, 1.54) is 11.8 Å². The van der Waals surface area contributed by atoms with Crippen molar-refractivity contribution >= 4 is 35.0 Å². The van der Waals surface area contributed by atoms with Crippen molar-refractivity contribution in [3.05, 3.63) is 63.9 Å². The maximum Gasteiger partial charge on any atom is 0.234 e. The SMILES string of the molecule is Cc1ccc(NC(=O)CSc2nnc(COc3ccc(Cl)cc3C)n2C)c(C)c1. The molecule has 6 nitrogen and oxygen atoms in total. The zero-order chi connectivity index (χ0) is 21.0. The molecule has 8 heteroatoms. The number of rotatable bonds is 7. The number of halogens is 1. The summed E-state index contributed by atoms with van der Waals surface area (Å²) in [7, 11) is 1.86. The van der Waals surface area contributed by atoms with Gasteiger partial charge in [0.1, 0.15) is 12.4 Å². The third kappa shape index (κ3) is 5.52. The molecule has 0 fully saturated rings. The Morgan fingerprint density at radius 3 is 2.66 bits per heavy atom. The molecule has 0 unspecified atom stereocenters. The Balaban J connectivity index is 1.55. The van der Waals surface area contributed by atoms with Crippen molar-refractivity contribution in [2.24, 2.45) is 7.05 Å². The predicted molar refractivity (Wildman–Crippen MR) is 117 cm³/mol. The molecule has 29 heavy (non-hydrogen) atoms. The smallest absolute Gasteiger partial charge is 0.234 e. The predicted octanol–water partition coefficient (Wildman–Crippen LogP) is 4.70. The molecule has 3 rings (SSSR count). The average molecular weight is 431 g/mol. The number of anilines is 1. The highest BCUT2D eigenvalue weighted by Gasteiger charge is 2.13. The van der Waals surface area contributed by atoms with Gasteiger partial charge in [-0.3, -0.25) is 4.79 Å². The van der Waals surface area contributed by atoms with Crippen LogP contribution in [0.3, 0.4) is 0 Å². The van der Waals surface area contributed by atoms with E-state index < -0.39 is 0 Å². The zero-order valence-electron chi connectivity index (χ0n) is 16.8. The number of amides is 1. The number of nitrogens with zero attached hydrogens (tertiary/aromatic N) is 3. The van der Waals surface area contributed by atoms with Gasteiger partial charge in [0.15, 0.2) is 11.0 Å². The number of aromatic nitrogens is 3. The number of ether oxygens (including phenoxy) is 1. The molecule has 0 aliphatic carbocycles. The summed E-state index contributed by atoms with van der Waals surface area (Å²) in [5.74, 6) is 1.59. The summed E-state index contributed by atoms with van der Waals surface area (Å²) >= 11 is 7.31. The van der Waals surface area contributed by atoms with Crippen molar-refractivity contribution < 1.29 is 9.53 Å². The largest absolute Gasteiger partial charge is 0.485 e. The number of benzene rings is 2. The quantitative estimate of drug-likeness (QED) is 0.550. The van der Waals surface area contributed by atoms with E-state index >= 15 is 0 Å². The van der Waals surface area contributed by atoms with Crippen molar-refractivity contribution in [2.45, 2.75) is 32.5 Å². The van der Waals surface area contributed by atoms with E-state index in [1.54, 1.807) is 6.07 Å². The van der Waals surface area contributed by atoms with Gasteiger partial charge in [0.2, 0.25) is 5.91 Å². The maximum atomic E-state index is 12.3. The number of aryl methyl sites for hydroxylation is 3. The normalized spacial score (nSPS) is 10.8. The molecule has 3 aromatic rings. The molecular formula is C21H23ClN4O2S. The molecule has 1 heterocycles. The highest BCUT2D eigenvalue weighted by atomic mass is 35.5. The van der Waals surface area contributed by atoms with Gasteiger partial charge in [0.05, 0.1) is 5.75 Å². The summed E-state index contributed by atoms with van der Waals surface area (Å²) in [4.78, 5) is 12.3. The lowest BCUT2D eigenvalue weighted by atomic mass is 10.1. The maximum absolute atomic E-state index is 12.3. The summed E-state index contributed by atoms with van der Waals surface area (Å²) in [5.41, 5.74) is 3.99. The lowest BCUT2D eigenvalue weighted by Gasteiger charge is -2.10. The van der Waals surface area contributed by atoms with Gasteiger partial charge >= 0.3 is 0 Å². The van der Waals surface area contributed by atoms with Crippen LogP contribution in [0.4, 0.5) is 5.69 Å². The van der Waals surface area contributed by atoms with Crippen LogP contribution in [0.15, 0.2) is 41.6 Å². The van der Waals surface area contributed by atoms with Gasteiger partial charge in [0.25, 0.3) is 0 Å². The number of hydrogen-bond donors (Lipinski definition) is 1. The third-order valence-corrected chi connectivity index (χ3v) is 5.66. The fraction of sp³-hybridized carbons (Fsp3) is 0.286. The highest BCUT2D eigenvalue weighted by molar-refractivity contribution is 7.99. The average Bonchev–Trinajstić information content (AvgIpc) is 3.01. The van der Waals surface area contributed by atoms with Gasteiger partial charge in [-0.1, -0.05) is 41.1 Å². The molecular weight excluding hydrogens is 408 g/mol. The molecule has 1 amide bonds. The third-order valence-electron chi connectivity index (χ3n) is 4.41. The first-order valence-electron chi connectivity index (χ1n) is 9.10. The van der Waals surface area contributed by atoms with Crippen molar-refractivity contribution in [3.63, 3.8) is 0 Å². The molecule has 1 aromatic heterocycles. The van der Waals surface area contributed by atoms with Crippen LogP contribution in [0, 0.1) is 20.8 Å². The summed E-state index contributed by atoms with van der Waals surface area (Å²) in [5, 5.41) is 12.6. The van der Waals surface area contributed by atoms with Crippen LogP contribution in [0.2, 0.25) is 5.02 Å². The van der Waals surface area contributed by atoms with Crippen LogP contribution in [0.1, 0.15) is 22.5 Å². The van der Waals surface area contributed by atoms with Crippen LogP contribution in [-0.4, -0.2) is 26.4 Å². The molecule has 152 valence electrons. The Hall–Kier alpha value is -2.51. The van der Waals surface area contributed by atoms with Crippen LogP contribution >= 0.6 is 23.4 Å². The zero-order valence-corrected chi connectivity index (χ0v) is 18.4. The first-order chi connectivity index (χ1) is 13.8. The van der Waals surface area contributed by atoms with E-state index in [1.807, 2.05) is 62.7 Å². The van der Waals surface area contributed by atoms with E-state index in [-0.39, 0.29) is 18.3 Å². The second-order valence-electron chi connectivity index (χ2n) is 6.81. The van der Waals surface area contributed by atoms with Crippen molar-refractivity contribution in [2.75, 3.05) is 11.1 Å². The molecule has 0 aliphatic heterocycles.